The van der Waals surface area contributed by atoms with E-state index < -0.39 is 0 Å². The largest absolute Gasteiger partial charge is 0.368 e. The summed E-state index contributed by atoms with van der Waals surface area (Å²) < 4.78 is 3.24. The van der Waals surface area contributed by atoms with Gasteiger partial charge in [0.05, 0.1) is 5.69 Å². The lowest BCUT2D eigenvalue weighted by atomic mass is 9.87. The van der Waals surface area contributed by atoms with E-state index in [9.17, 15) is 4.79 Å². The molecule has 0 radical (unpaired) electrons. The van der Waals surface area contributed by atoms with Crippen LogP contribution in [0.5, 0.6) is 0 Å². The number of nitrogens with zero attached hydrogens (tertiary/aromatic N) is 6. The van der Waals surface area contributed by atoms with Gasteiger partial charge in [-0.3, -0.25) is 14.5 Å². The summed E-state index contributed by atoms with van der Waals surface area (Å²) in [5, 5.41) is 12.3. The summed E-state index contributed by atoms with van der Waals surface area (Å²) in [4.78, 5) is 20.8. The van der Waals surface area contributed by atoms with Crippen LogP contribution in [0.2, 0.25) is 0 Å². The van der Waals surface area contributed by atoms with Crippen molar-refractivity contribution in [3.63, 3.8) is 0 Å². The van der Waals surface area contributed by atoms with Gasteiger partial charge in [-0.15, -0.1) is 10.2 Å². The summed E-state index contributed by atoms with van der Waals surface area (Å²) in [5.41, 5.74) is 9.22. The summed E-state index contributed by atoms with van der Waals surface area (Å²) in [7, 11) is 0. The molecule has 0 bridgehead atoms. The van der Waals surface area contributed by atoms with Crippen LogP contribution in [0, 0.1) is 0 Å². The number of thioether (sulfide) groups is 1. The minimum absolute atomic E-state index is 0.0679. The zero-order valence-corrected chi connectivity index (χ0v) is 19.9. The Hall–Kier alpha value is -3.92. The number of benzene rings is 2. The highest BCUT2D eigenvalue weighted by molar-refractivity contribution is 7.98. The molecule has 9 nitrogen and oxygen atoms in total. The van der Waals surface area contributed by atoms with Crippen LogP contribution in [0.4, 0.5) is 5.95 Å². The van der Waals surface area contributed by atoms with Crippen LogP contribution < -0.4 is 11.3 Å². The Kier molecular flexibility index (Phi) is 5.45. The molecule has 0 unspecified atom stereocenters. The summed E-state index contributed by atoms with van der Waals surface area (Å²) in [6, 6.07) is 19.9. The number of hydrogen-bond acceptors (Lipinski definition) is 7. The average molecular weight is 473 g/mol. The van der Waals surface area contributed by atoms with Crippen molar-refractivity contribution in [2.75, 3.05) is 5.73 Å². The number of rotatable bonds is 5. The number of fused-ring (bicyclic) bond motifs is 1. The van der Waals surface area contributed by atoms with E-state index in [0.717, 1.165) is 17.1 Å². The zero-order chi connectivity index (χ0) is 23.9. The molecule has 5 aromatic rings. The van der Waals surface area contributed by atoms with Crippen LogP contribution in [-0.4, -0.2) is 34.3 Å². The molecule has 3 heterocycles. The molecule has 2 aromatic carbocycles. The molecular weight excluding hydrogens is 448 g/mol. The normalized spacial score (nSPS) is 11.9. The molecular formula is C24H24N8OS. The number of anilines is 1. The van der Waals surface area contributed by atoms with Gasteiger partial charge in [-0.05, 0) is 23.1 Å². The highest BCUT2D eigenvalue weighted by atomic mass is 32.2. The first-order valence-electron chi connectivity index (χ1n) is 10.8. The van der Waals surface area contributed by atoms with Crippen molar-refractivity contribution in [3.05, 3.63) is 82.3 Å². The number of hydrogen-bond donors (Lipinski definition) is 2. The summed E-state index contributed by atoms with van der Waals surface area (Å²) >= 11 is 1.45. The van der Waals surface area contributed by atoms with Gasteiger partial charge in [0.2, 0.25) is 5.95 Å². The lowest BCUT2D eigenvalue weighted by Crippen LogP contribution is -2.15. The number of nitrogens with one attached hydrogen (secondary N) is 1. The Bertz CT molecular complexity index is 1510. The minimum atomic E-state index is -0.269. The Morgan fingerprint density at radius 1 is 1.00 bits per heavy atom. The second-order valence-corrected chi connectivity index (χ2v) is 9.87. The average Bonchev–Trinajstić information content (AvgIpc) is 3.41. The number of nitrogens with two attached hydrogens (primary N) is 1. The monoisotopic (exact) mass is 472 g/mol. The fourth-order valence-electron chi connectivity index (χ4n) is 3.64. The predicted molar refractivity (Wildman–Crippen MR) is 133 cm³/mol. The molecule has 0 aliphatic rings. The van der Waals surface area contributed by atoms with Gasteiger partial charge in [-0.2, -0.15) is 9.50 Å². The third-order valence-electron chi connectivity index (χ3n) is 5.41. The number of H-pyrrole nitrogens is 1. The number of aromatic nitrogens is 7. The van der Waals surface area contributed by atoms with Crippen molar-refractivity contribution in [1.29, 1.82) is 0 Å². The van der Waals surface area contributed by atoms with Crippen LogP contribution in [-0.2, 0) is 11.2 Å². The molecule has 0 amide bonds. The SMILES string of the molecule is CC(C)(C)c1ccc(-c2nnc(SCc3cc(=O)n4[nH]c(N)nc4n3)n2-c2ccccc2)cc1. The van der Waals surface area contributed by atoms with E-state index in [1.807, 2.05) is 34.9 Å². The Morgan fingerprint density at radius 2 is 1.74 bits per heavy atom. The standard InChI is InChI=1S/C24H24N8OS/c1-24(2,3)16-11-9-15(10-12-16)20-28-29-23(31(20)18-7-5-4-6-8-18)34-14-17-13-19(33)32-22(26-17)27-21(25)30-32/h4-13H,14H2,1-3H3,(H3,25,26,27,30). The van der Waals surface area contributed by atoms with Crippen molar-refractivity contribution < 1.29 is 0 Å². The fraction of sp³-hybridized carbons (Fsp3) is 0.208. The van der Waals surface area contributed by atoms with Gasteiger partial charge >= 0.3 is 0 Å². The lowest BCUT2D eigenvalue weighted by Gasteiger charge is -2.19. The Morgan fingerprint density at radius 3 is 2.44 bits per heavy atom. The molecule has 3 N–H and O–H groups in total. The molecule has 3 aromatic heterocycles. The van der Waals surface area contributed by atoms with Crippen LogP contribution in [0.1, 0.15) is 32.0 Å². The van der Waals surface area contributed by atoms with E-state index in [-0.39, 0.29) is 22.7 Å². The first-order valence-corrected chi connectivity index (χ1v) is 11.8. The Labute approximate surface area is 200 Å². The predicted octanol–water partition coefficient (Wildman–Crippen LogP) is 3.84. The van der Waals surface area contributed by atoms with Gasteiger partial charge in [-0.25, -0.2) is 4.98 Å². The van der Waals surface area contributed by atoms with Crippen molar-refractivity contribution >= 4 is 23.5 Å². The van der Waals surface area contributed by atoms with Gasteiger partial charge in [0.1, 0.15) is 0 Å². The van der Waals surface area contributed by atoms with Gasteiger partial charge in [0.25, 0.3) is 11.3 Å². The third-order valence-corrected chi connectivity index (χ3v) is 6.37. The van der Waals surface area contributed by atoms with E-state index >= 15 is 0 Å². The molecule has 0 spiro atoms. The molecule has 0 fully saturated rings. The smallest absolute Gasteiger partial charge is 0.274 e. The summed E-state index contributed by atoms with van der Waals surface area (Å²) in [6.07, 6.45) is 0. The van der Waals surface area contributed by atoms with Crippen LogP contribution >= 0.6 is 11.8 Å². The maximum Gasteiger partial charge on any atom is 0.274 e. The number of aromatic amines is 1. The van der Waals surface area contributed by atoms with Gasteiger partial charge in [-0.1, -0.05) is 75.0 Å². The number of para-hydroxylation sites is 1. The van der Waals surface area contributed by atoms with Gasteiger partial charge in [0, 0.05) is 23.1 Å². The van der Waals surface area contributed by atoms with Crippen molar-refractivity contribution in [3.8, 4) is 17.1 Å². The second kappa shape index (κ2) is 8.45. The molecule has 34 heavy (non-hydrogen) atoms. The van der Waals surface area contributed by atoms with Crippen LogP contribution in [0.15, 0.2) is 70.6 Å². The molecule has 0 saturated carbocycles. The van der Waals surface area contributed by atoms with Crippen molar-refractivity contribution in [2.45, 2.75) is 37.1 Å². The lowest BCUT2D eigenvalue weighted by molar-refractivity contribution is 0.590. The molecule has 0 aliphatic carbocycles. The number of nitrogen functional groups attached to an aromatic ring is 1. The van der Waals surface area contributed by atoms with Crippen LogP contribution in [0.25, 0.3) is 22.9 Å². The maximum absolute atomic E-state index is 12.4. The van der Waals surface area contributed by atoms with E-state index in [4.69, 9.17) is 5.73 Å². The second-order valence-electron chi connectivity index (χ2n) is 8.92. The highest BCUT2D eigenvalue weighted by Gasteiger charge is 2.19. The molecule has 5 rings (SSSR count). The van der Waals surface area contributed by atoms with E-state index in [2.05, 4.69) is 70.3 Å². The van der Waals surface area contributed by atoms with Gasteiger partial charge in [0.15, 0.2) is 11.0 Å². The summed E-state index contributed by atoms with van der Waals surface area (Å²) in [6.45, 7) is 6.58. The van der Waals surface area contributed by atoms with E-state index in [1.165, 1.54) is 27.9 Å². The first-order chi connectivity index (χ1) is 16.3. The molecule has 0 aliphatic heterocycles. The molecule has 10 heteroatoms. The fourth-order valence-corrected chi connectivity index (χ4v) is 4.48. The van der Waals surface area contributed by atoms with E-state index in [0.29, 0.717) is 16.6 Å². The van der Waals surface area contributed by atoms with Crippen molar-refractivity contribution in [1.82, 2.24) is 34.3 Å². The third kappa shape index (κ3) is 4.19. The molecule has 0 saturated heterocycles. The minimum Gasteiger partial charge on any atom is -0.368 e. The molecule has 0 atom stereocenters. The summed E-state index contributed by atoms with van der Waals surface area (Å²) in [5.74, 6) is 1.55. The Balaban J connectivity index is 1.51. The maximum atomic E-state index is 12.4. The van der Waals surface area contributed by atoms with Crippen molar-refractivity contribution in [2.24, 2.45) is 0 Å². The van der Waals surface area contributed by atoms with Gasteiger partial charge < -0.3 is 5.73 Å². The van der Waals surface area contributed by atoms with E-state index in [1.54, 1.807) is 0 Å². The zero-order valence-electron chi connectivity index (χ0n) is 19.1. The first kappa shape index (κ1) is 21.9. The molecule has 172 valence electrons. The van der Waals surface area contributed by atoms with Crippen LogP contribution in [0.3, 0.4) is 0 Å². The quantitative estimate of drug-likeness (QED) is 0.373. The highest BCUT2D eigenvalue weighted by Crippen LogP contribution is 2.31. The topological polar surface area (TPSA) is 120 Å².